The van der Waals surface area contributed by atoms with Gasteiger partial charge in [-0.1, -0.05) is 12.1 Å². The Hall–Kier alpha value is -1.27. The smallest absolute Gasteiger partial charge is 0.218 e. The summed E-state index contributed by atoms with van der Waals surface area (Å²) < 4.78 is 55.1. The minimum absolute atomic E-state index is 0.0316. The molecule has 28 heavy (non-hydrogen) atoms. The first-order valence-corrected chi connectivity index (χ1v) is 13.0. The van der Waals surface area contributed by atoms with E-state index < -0.39 is 25.1 Å². The second kappa shape index (κ2) is 7.21. The predicted octanol–water partition coefficient (Wildman–Crippen LogP) is 0.801. The molecule has 1 aromatic heterocycles. The lowest BCUT2D eigenvalue weighted by Gasteiger charge is -2.35. The molecule has 0 aliphatic carbocycles. The molecule has 1 aromatic carbocycles. The number of aromatic nitrogens is 2. The highest BCUT2D eigenvalue weighted by atomic mass is 32.2. The van der Waals surface area contributed by atoms with Gasteiger partial charge in [-0.05, 0) is 30.8 Å². The average molecular weight is 445 g/mol. The minimum Gasteiger partial charge on any atom is -0.320 e. The quantitative estimate of drug-likeness (QED) is 0.649. The van der Waals surface area contributed by atoms with Crippen molar-refractivity contribution in [1.82, 2.24) is 18.3 Å². The molecule has 11 heteroatoms. The highest BCUT2D eigenvalue weighted by Gasteiger charge is 2.41. The number of sulfonamides is 1. The van der Waals surface area contributed by atoms with Crippen molar-refractivity contribution < 1.29 is 16.8 Å². The van der Waals surface area contributed by atoms with Crippen molar-refractivity contribution in [2.45, 2.75) is 18.3 Å². The molecule has 0 spiro atoms. The fraction of sp³-hybridized carbons (Fsp3) is 0.588. The van der Waals surface area contributed by atoms with Crippen LogP contribution in [0.2, 0.25) is 0 Å². The maximum Gasteiger partial charge on any atom is 0.218 e. The molecular formula is C17H24N4O4S3. The van der Waals surface area contributed by atoms with Gasteiger partial charge < -0.3 is 9.13 Å². The van der Waals surface area contributed by atoms with E-state index in [1.54, 1.807) is 0 Å². The van der Waals surface area contributed by atoms with Gasteiger partial charge in [0.1, 0.15) is 0 Å². The van der Waals surface area contributed by atoms with Crippen LogP contribution < -0.4 is 0 Å². The van der Waals surface area contributed by atoms with E-state index in [0.717, 1.165) is 15.8 Å². The summed E-state index contributed by atoms with van der Waals surface area (Å²) in [7, 11) is -4.85. The van der Waals surface area contributed by atoms with Gasteiger partial charge in [0.15, 0.2) is 14.6 Å². The molecule has 0 N–H and O–H groups in total. The molecule has 2 saturated heterocycles. The largest absolute Gasteiger partial charge is 0.320 e. The van der Waals surface area contributed by atoms with Crippen molar-refractivity contribution in [3.05, 3.63) is 29.0 Å². The zero-order valence-corrected chi connectivity index (χ0v) is 18.1. The van der Waals surface area contributed by atoms with Crippen molar-refractivity contribution >= 4 is 43.1 Å². The predicted molar refractivity (Wildman–Crippen MR) is 111 cm³/mol. The van der Waals surface area contributed by atoms with Crippen LogP contribution in [0, 0.1) is 4.77 Å². The fourth-order valence-corrected chi connectivity index (χ4v) is 8.80. The molecule has 0 saturated carbocycles. The maximum atomic E-state index is 12.8. The Morgan fingerprint density at radius 1 is 1.11 bits per heavy atom. The number of hydrogen-bond acceptors (Lipinski definition) is 6. The summed E-state index contributed by atoms with van der Waals surface area (Å²) in [6.45, 7) is 2.52. The first-order chi connectivity index (χ1) is 13.2. The summed E-state index contributed by atoms with van der Waals surface area (Å²) in [5.41, 5.74) is 2.12. The summed E-state index contributed by atoms with van der Waals surface area (Å²) in [5.74, 6) is -0.281. The zero-order valence-electron chi connectivity index (χ0n) is 15.7. The number of nitrogens with zero attached hydrogens (tertiary/aromatic N) is 4. The Morgan fingerprint density at radius 3 is 2.36 bits per heavy atom. The molecule has 3 heterocycles. The molecule has 2 aliphatic heterocycles. The number of aryl methyl sites for hydroxylation is 1. The Kier molecular flexibility index (Phi) is 5.15. The van der Waals surface area contributed by atoms with Crippen LogP contribution in [0.4, 0.5) is 0 Å². The average Bonchev–Trinajstić information content (AvgIpc) is 3.16. The Labute approximate surface area is 170 Å². The van der Waals surface area contributed by atoms with Crippen LogP contribution in [0.3, 0.4) is 0 Å². The van der Waals surface area contributed by atoms with Gasteiger partial charge in [-0.25, -0.2) is 16.8 Å². The second-order valence-corrected chi connectivity index (χ2v) is 12.3. The number of rotatable bonds is 4. The van der Waals surface area contributed by atoms with Crippen molar-refractivity contribution in [3.8, 4) is 0 Å². The van der Waals surface area contributed by atoms with E-state index in [2.05, 4.69) is 9.47 Å². The molecule has 0 bridgehead atoms. The van der Waals surface area contributed by atoms with Crippen LogP contribution in [0.15, 0.2) is 24.3 Å². The van der Waals surface area contributed by atoms with Crippen LogP contribution in [0.1, 0.15) is 6.42 Å². The number of sulfone groups is 1. The molecule has 2 aliphatic rings. The van der Waals surface area contributed by atoms with Gasteiger partial charge in [0, 0.05) is 33.2 Å². The summed E-state index contributed by atoms with van der Waals surface area (Å²) in [4.78, 5) is 2.18. The topological polar surface area (TPSA) is 84.6 Å². The van der Waals surface area contributed by atoms with E-state index in [-0.39, 0.29) is 17.9 Å². The number of imidazole rings is 1. The third kappa shape index (κ3) is 3.54. The number of fused-ring (bicyclic) bond motifs is 1. The van der Waals surface area contributed by atoms with E-state index in [0.29, 0.717) is 32.8 Å². The fourth-order valence-electron chi connectivity index (χ4n) is 4.03. The summed E-state index contributed by atoms with van der Waals surface area (Å²) >= 11 is 5.58. The van der Waals surface area contributed by atoms with Crippen molar-refractivity contribution in [2.24, 2.45) is 7.05 Å². The highest BCUT2D eigenvalue weighted by Crippen LogP contribution is 2.24. The molecule has 0 radical (unpaired) electrons. The van der Waals surface area contributed by atoms with Gasteiger partial charge in [0.2, 0.25) is 10.0 Å². The first-order valence-electron chi connectivity index (χ1n) is 9.25. The number of piperazine rings is 1. The van der Waals surface area contributed by atoms with E-state index >= 15 is 0 Å². The van der Waals surface area contributed by atoms with Crippen LogP contribution in [0.5, 0.6) is 0 Å². The summed E-state index contributed by atoms with van der Waals surface area (Å²) in [6.07, 6.45) is 0.204. The molecule has 154 valence electrons. The molecule has 8 nitrogen and oxygen atoms in total. The van der Waals surface area contributed by atoms with Crippen molar-refractivity contribution in [3.63, 3.8) is 0 Å². The lowest BCUT2D eigenvalue weighted by atomic mass is 10.3. The minimum atomic E-state index is -3.57. The van der Waals surface area contributed by atoms with Crippen molar-refractivity contribution in [2.75, 3.05) is 37.7 Å². The van der Waals surface area contributed by atoms with Crippen LogP contribution in [-0.4, -0.2) is 78.1 Å². The van der Waals surface area contributed by atoms with Gasteiger partial charge in [-0.15, -0.1) is 0 Å². The molecule has 1 unspecified atom stereocenters. The van der Waals surface area contributed by atoms with Gasteiger partial charge in [0.05, 0.1) is 34.5 Å². The number of benzene rings is 1. The van der Waals surface area contributed by atoms with Crippen molar-refractivity contribution in [1.29, 1.82) is 0 Å². The van der Waals surface area contributed by atoms with Gasteiger partial charge in [-0.2, -0.15) is 4.31 Å². The summed E-state index contributed by atoms with van der Waals surface area (Å²) in [5, 5.41) is -0.796. The lowest BCUT2D eigenvalue weighted by Crippen LogP contribution is -2.51. The number of para-hydroxylation sites is 2. The Morgan fingerprint density at radius 2 is 1.75 bits per heavy atom. The SMILES string of the molecule is Cn1c(=S)n(CN2CCN(S(=O)(=O)C3CCS(=O)(=O)C3)CC2)c2ccccc21. The first kappa shape index (κ1) is 20.0. The highest BCUT2D eigenvalue weighted by molar-refractivity contribution is 7.95. The molecular weight excluding hydrogens is 420 g/mol. The van der Waals surface area contributed by atoms with Crippen LogP contribution >= 0.6 is 12.2 Å². The zero-order chi connectivity index (χ0) is 20.1. The molecule has 0 amide bonds. The van der Waals surface area contributed by atoms with Gasteiger partial charge >= 0.3 is 0 Å². The van der Waals surface area contributed by atoms with E-state index in [9.17, 15) is 16.8 Å². The van der Waals surface area contributed by atoms with E-state index in [1.165, 1.54) is 4.31 Å². The summed E-state index contributed by atoms with van der Waals surface area (Å²) in [6, 6.07) is 8.02. The van der Waals surface area contributed by atoms with E-state index in [1.807, 2.05) is 35.9 Å². The molecule has 2 aromatic rings. The van der Waals surface area contributed by atoms with Gasteiger partial charge in [-0.3, -0.25) is 4.90 Å². The van der Waals surface area contributed by atoms with Crippen LogP contribution in [-0.2, 0) is 33.6 Å². The third-order valence-electron chi connectivity index (χ3n) is 5.70. The normalized spacial score (nSPS) is 24.1. The molecule has 4 rings (SSSR count). The Bertz CT molecular complexity index is 1160. The second-order valence-electron chi connectivity index (χ2n) is 7.49. The molecule has 1 atom stereocenters. The van der Waals surface area contributed by atoms with Crippen LogP contribution in [0.25, 0.3) is 11.0 Å². The standard InChI is InChI=1S/C17H24N4O4S3/c1-18-15-4-2-3-5-16(15)21(17(18)26)13-19-7-9-20(10-8-19)28(24,25)14-6-11-27(22,23)12-14/h2-5,14H,6-13H2,1H3. The Balaban J connectivity index is 1.46. The monoisotopic (exact) mass is 444 g/mol. The van der Waals surface area contributed by atoms with E-state index in [4.69, 9.17) is 12.2 Å². The van der Waals surface area contributed by atoms with Gasteiger partial charge in [0.25, 0.3) is 0 Å². The number of hydrogen-bond donors (Lipinski definition) is 0. The molecule has 2 fully saturated rings. The lowest BCUT2D eigenvalue weighted by molar-refractivity contribution is 0.153. The third-order valence-corrected chi connectivity index (χ3v) is 10.5. The maximum absolute atomic E-state index is 12.8.